The van der Waals surface area contributed by atoms with Gasteiger partial charge < -0.3 is 5.32 Å². The minimum Gasteiger partial charge on any atom is -0.314 e. The van der Waals surface area contributed by atoms with Gasteiger partial charge >= 0.3 is 0 Å². The molecule has 1 saturated heterocycles. The molecule has 0 amide bonds. The lowest BCUT2D eigenvalue weighted by atomic mass is 9.98. The molecule has 0 aliphatic carbocycles. The van der Waals surface area contributed by atoms with Gasteiger partial charge in [0.15, 0.2) is 11.6 Å². The summed E-state index contributed by atoms with van der Waals surface area (Å²) in [5.41, 5.74) is 0.897. The molecule has 0 saturated carbocycles. The van der Waals surface area contributed by atoms with Crippen molar-refractivity contribution in [2.45, 2.75) is 32.2 Å². The summed E-state index contributed by atoms with van der Waals surface area (Å²) in [6.07, 6.45) is 3.22. The maximum atomic E-state index is 13.4. The van der Waals surface area contributed by atoms with Gasteiger partial charge in [-0.2, -0.15) is 0 Å². The van der Waals surface area contributed by atoms with Gasteiger partial charge in [-0.05, 0) is 24.1 Å². The van der Waals surface area contributed by atoms with Crippen LogP contribution in [-0.2, 0) is 0 Å². The van der Waals surface area contributed by atoms with Crippen molar-refractivity contribution < 1.29 is 8.78 Å². The standard InChI is InChI=1S/C15H22F2N2.2ClH/c1-2-3-4-15(19-9-7-18-8-10-19)12-5-6-13(16)14(17)11-12;;/h5-6,11,15,18H,2-4,7-10H2,1H3;2*1H/t15-;;/m1../s1. The summed E-state index contributed by atoms with van der Waals surface area (Å²) in [7, 11) is 0. The Morgan fingerprint density at radius 2 is 1.81 bits per heavy atom. The van der Waals surface area contributed by atoms with E-state index in [9.17, 15) is 8.78 Å². The first-order valence-electron chi connectivity index (χ1n) is 7.12. The van der Waals surface area contributed by atoms with E-state index in [1.54, 1.807) is 6.07 Å². The van der Waals surface area contributed by atoms with E-state index in [1.165, 1.54) is 12.1 Å². The molecule has 1 aromatic carbocycles. The molecule has 0 unspecified atom stereocenters. The van der Waals surface area contributed by atoms with Gasteiger partial charge in [-0.1, -0.05) is 25.8 Å². The zero-order chi connectivity index (χ0) is 13.7. The Bertz CT molecular complexity index is 413. The quantitative estimate of drug-likeness (QED) is 0.873. The molecule has 0 radical (unpaired) electrons. The molecule has 21 heavy (non-hydrogen) atoms. The molecule has 0 aromatic heterocycles. The van der Waals surface area contributed by atoms with Crippen molar-refractivity contribution in [1.29, 1.82) is 0 Å². The first-order valence-corrected chi connectivity index (χ1v) is 7.12. The van der Waals surface area contributed by atoms with Crippen LogP contribution in [0.15, 0.2) is 18.2 Å². The average molecular weight is 341 g/mol. The molecule has 1 heterocycles. The number of hydrogen-bond donors (Lipinski definition) is 1. The van der Waals surface area contributed by atoms with Crippen molar-refractivity contribution >= 4 is 24.8 Å². The number of hydrogen-bond acceptors (Lipinski definition) is 2. The van der Waals surface area contributed by atoms with E-state index >= 15 is 0 Å². The van der Waals surface area contributed by atoms with E-state index < -0.39 is 11.6 Å². The van der Waals surface area contributed by atoms with E-state index in [0.29, 0.717) is 0 Å². The van der Waals surface area contributed by atoms with Crippen LogP contribution in [-0.4, -0.2) is 31.1 Å². The first-order chi connectivity index (χ1) is 9.22. The van der Waals surface area contributed by atoms with Crippen LogP contribution in [0.4, 0.5) is 8.78 Å². The molecule has 0 bridgehead atoms. The van der Waals surface area contributed by atoms with Crippen LogP contribution < -0.4 is 5.32 Å². The van der Waals surface area contributed by atoms with Crippen molar-refractivity contribution in [1.82, 2.24) is 10.2 Å². The first kappa shape index (κ1) is 20.6. The molecule has 1 aliphatic rings. The lowest BCUT2D eigenvalue weighted by Gasteiger charge is -2.35. The summed E-state index contributed by atoms with van der Waals surface area (Å²) in [5.74, 6) is -1.51. The van der Waals surface area contributed by atoms with Crippen molar-refractivity contribution in [2.24, 2.45) is 0 Å². The number of rotatable bonds is 5. The molecule has 1 aliphatic heterocycles. The molecule has 1 fully saturated rings. The topological polar surface area (TPSA) is 15.3 Å². The second kappa shape index (κ2) is 10.3. The van der Waals surface area contributed by atoms with Gasteiger partial charge in [0.2, 0.25) is 0 Å². The number of piperazine rings is 1. The molecule has 0 spiro atoms. The molecule has 1 aromatic rings. The number of unbranched alkanes of at least 4 members (excludes halogenated alkanes) is 1. The highest BCUT2D eigenvalue weighted by atomic mass is 35.5. The van der Waals surface area contributed by atoms with Crippen LogP contribution in [0, 0.1) is 11.6 Å². The SMILES string of the molecule is CCCC[C@H](c1ccc(F)c(F)c1)N1CCNCC1.Cl.Cl. The molecule has 2 rings (SSSR count). The summed E-state index contributed by atoms with van der Waals surface area (Å²) >= 11 is 0. The van der Waals surface area contributed by atoms with Crippen LogP contribution in [0.1, 0.15) is 37.8 Å². The number of halogens is 4. The van der Waals surface area contributed by atoms with Crippen LogP contribution in [0.25, 0.3) is 0 Å². The van der Waals surface area contributed by atoms with Crippen molar-refractivity contribution in [2.75, 3.05) is 26.2 Å². The van der Waals surface area contributed by atoms with Gasteiger partial charge in [0, 0.05) is 32.2 Å². The fourth-order valence-corrected chi connectivity index (χ4v) is 2.67. The third-order valence-corrected chi connectivity index (χ3v) is 3.75. The Hall–Kier alpha value is -0.420. The van der Waals surface area contributed by atoms with E-state index in [-0.39, 0.29) is 30.9 Å². The molecular weight excluding hydrogens is 317 g/mol. The molecular formula is C15H24Cl2F2N2. The molecule has 2 nitrogen and oxygen atoms in total. The fourth-order valence-electron chi connectivity index (χ4n) is 2.67. The van der Waals surface area contributed by atoms with Gasteiger partial charge in [0.1, 0.15) is 0 Å². The lowest BCUT2D eigenvalue weighted by molar-refractivity contribution is 0.163. The molecule has 1 atom stereocenters. The molecule has 1 N–H and O–H groups in total. The molecule has 122 valence electrons. The highest BCUT2D eigenvalue weighted by Crippen LogP contribution is 2.27. The van der Waals surface area contributed by atoms with E-state index in [0.717, 1.165) is 51.0 Å². The predicted molar refractivity (Wildman–Crippen MR) is 87.6 cm³/mol. The third kappa shape index (κ3) is 5.70. The summed E-state index contributed by atoms with van der Waals surface area (Å²) in [6.45, 7) is 6.01. The Balaban J connectivity index is 0.00000200. The summed E-state index contributed by atoms with van der Waals surface area (Å²) in [6, 6.07) is 4.53. The highest BCUT2D eigenvalue weighted by molar-refractivity contribution is 5.85. The summed E-state index contributed by atoms with van der Waals surface area (Å²) in [4.78, 5) is 2.37. The van der Waals surface area contributed by atoms with Gasteiger partial charge in [-0.25, -0.2) is 8.78 Å². The average Bonchev–Trinajstić information content (AvgIpc) is 2.44. The van der Waals surface area contributed by atoms with Crippen molar-refractivity contribution in [3.05, 3.63) is 35.4 Å². The normalized spacial score (nSPS) is 16.7. The van der Waals surface area contributed by atoms with Gasteiger partial charge in [-0.15, -0.1) is 24.8 Å². The van der Waals surface area contributed by atoms with Gasteiger partial charge in [0.05, 0.1) is 0 Å². The van der Waals surface area contributed by atoms with Gasteiger partial charge in [-0.3, -0.25) is 4.90 Å². The third-order valence-electron chi connectivity index (χ3n) is 3.75. The zero-order valence-electron chi connectivity index (χ0n) is 12.3. The fraction of sp³-hybridized carbons (Fsp3) is 0.600. The van der Waals surface area contributed by atoms with Crippen molar-refractivity contribution in [3.8, 4) is 0 Å². The Kier molecular flexibility index (Phi) is 10.1. The number of benzene rings is 1. The van der Waals surface area contributed by atoms with E-state index in [4.69, 9.17) is 0 Å². The minimum absolute atomic E-state index is 0. The second-order valence-electron chi connectivity index (χ2n) is 5.12. The second-order valence-corrected chi connectivity index (χ2v) is 5.12. The summed E-state index contributed by atoms with van der Waals surface area (Å²) in [5, 5.41) is 3.32. The highest BCUT2D eigenvalue weighted by Gasteiger charge is 2.22. The van der Waals surface area contributed by atoms with Crippen molar-refractivity contribution in [3.63, 3.8) is 0 Å². The lowest BCUT2D eigenvalue weighted by Crippen LogP contribution is -2.45. The predicted octanol–water partition coefficient (Wildman–Crippen LogP) is 3.94. The van der Waals surface area contributed by atoms with E-state index in [1.807, 2.05) is 0 Å². The number of nitrogens with one attached hydrogen (secondary N) is 1. The van der Waals surface area contributed by atoms with E-state index in [2.05, 4.69) is 17.1 Å². The Labute approximate surface area is 138 Å². The van der Waals surface area contributed by atoms with Gasteiger partial charge in [0.25, 0.3) is 0 Å². The van der Waals surface area contributed by atoms with Crippen LogP contribution >= 0.6 is 24.8 Å². The number of nitrogens with zero attached hydrogens (tertiary/aromatic N) is 1. The van der Waals surface area contributed by atoms with Crippen LogP contribution in [0.2, 0.25) is 0 Å². The smallest absolute Gasteiger partial charge is 0.159 e. The largest absolute Gasteiger partial charge is 0.314 e. The maximum absolute atomic E-state index is 13.4. The molecule has 6 heteroatoms. The van der Waals surface area contributed by atoms with Crippen LogP contribution in [0.5, 0.6) is 0 Å². The zero-order valence-corrected chi connectivity index (χ0v) is 13.9. The Morgan fingerprint density at radius 1 is 1.14 bits per heavy atom. The summed E-state index contributed by atoms with van der Waals surface area (Å²) < 4.78 is 26.5. The monoisotopic (exact) mass is 340 g/mol. The Morgan fingerprint density at radius 3 is 2.38 bits per heavy atom. The minimum atomic E-state index is -0.765. The van der Waals surface area contributed by atoms with Crippen LogP contribution in [0.3, 0.4) is 0 Å². The maximum Gasteiger partial charge on any atom is 0.159 e.